The number of aromatic nitrogens is 2. The van der Waals surface area contributed by atoms with Crippen LogP contribution in [0.3, 0.4) is 0 Å². The number of Topliss-reactive ketones (excluding diaryl/α,β-unsaturated/α-hetero) is 1. The number of ketones is 1. The summed E-state index contributed by atoms with van der Waals surface area (Å²) in [5.41, 5.74) is 2.66. The maximum absolute atomic E-state index is 13.1. The van der Waals surface area contributed by atoms with Crippen LogP contribution in [0.4, 0.5) is 0 Å². The summed E-state index contributed by atoms with van der Waals surface area (Å²) < 4.78 is 13.5. The summed E-state index contributed by atoms with van der Waals surface area (Å²) in [6.45, 7) is 3.45. The number of aliphatic hydroxyl groups excluding tert-OH is 1. The first-order chi connectivity index (χ1) is 18.0. The number of H-pyrrole nitrogens is 1. The highest BCUT2D eigenvalue weighted by molar-refractivity contribution is 6.46. The number of carbonyl (C=O) groups is 2. The van der Waals surface area contributed by atoms with Gasteiger partial charge in [0.2, 0.25) is 6.33 Å². The molecule has 1 aliphatic rings. The first kappa shape index (κ1) is 24.1. The Balaban J connectivity index is 1.37. The van der Waals surface area contributed by atoms with Crippen molar-refractivity contribution < 1.29 is 28.4 Å². The Morgan fingerprint density at radius 2 is 1.92 bits per heavy atom. The van der Waals surface area contributed by atoms with Crippen LogP contribution < -0.4 is 9.30 Å². The average molecular weight is 499 g/mol. The number of imidazole rings is 1. The molecule has 0 saturated carbocycles. The molecular weight excluding hydrogens is 470 g/mol. The molecule has 8 heteroatoms. The molecule has 1 fully saturated rings. The van der Waals surface area contributed by atoms with E-state index in [9.17, 15) is 14.7 Å². The number of hydrogen-bond donors (Lipinski definition) is 2. The largest absolute Gasteiger partial charge is 0.507 e. The van der Waals surface area contributed by atoms with Gasteiger partial charge in [0.25, 0.3) is 11.7 Å². The highest BCUT2D eigenvalue weighted by atomic mass is 16.5. The predicted octanol–water partition coefficient (Wildman–Crippen LogP) is 4.29. The molecule has 8 nitrogen and oxygen atoms in total. The SMILES string of the molecule is Cc1ccccc1COc1ccc(/C(O)=C2\C(=O)C(=O)N(CCC[n+]3cc[nH]c3)C2c2ccco2)cc1. The number of carbonyl (C=O) groups excluding carboxylic acids is 2. The summed E-state index contributed by atoms with van der Waals surface area (Å²) in [5.74, 6) is -0.570. The first-order valence-corrected chi connectivity index (χ1v) is 12.1. The number of likely N-dealkylation sites (tertiary alicyclic amines) is 1. The molecule has 1 aliphatic heterocycles. The Hall–Kier alpha value is -4.59. The lowest BCUT2D eigenvalue weighted by atomic mass is 9.99. The van der Waals surface area contributed by atoms with E-state index in [2.05, 4.69) is 4.98 Å². The van der Waals surface area contributed by atoms with Crippen LogP contribution in [0.1, 0.15) is 34.9 Å². The van der Waals surface area contributed by atoms with Crippen molar-refractivity contribution in [2.45, 2.75) is 32.5 Å². The van der Waals surface area contributed by atoms with Gasteiger partial charge in [-0.15, -0.1) is 0 Å². The zero-order chi connectivity index (χ0) is 25.8. The van der Waals surface area contributed by atoms with Crippen molar-refractivity contribution in [2.24, 2.45) is 0 Å². The molecule has 0 aliphatic carbocycles. The molecule has 2 aromatic carbocycles. The van der Waals surface area contributed by atoms with Gasteiger partial charge in [-0.2, -0.15) is 0 Å². The molecule has 1 unspecified atom stereocenters. The molecule has 2 N–H and O–H groups in total. The van der Waals surface area contributed by atoms with E-state index in [1.807, 2.05) is 54.5 Å². The lowest BCUT2D eigenvalue weighted by Crippen LogP contribution is -2.35. The van der Waals surface area contributed by atoms with E-state index in [1.54, 1.807) is 36.4 Å². The molecule has 1 amide bonds. The van der Waals surface area contributed by atoms with E-state index in [0.717, 1.165) is 11.1 Å². The van der Waals surface area contributed by atoms with Crippen LogP contribution in [-0.2, 0) is 22.7 Å². The molecule has 5 rings (SSSR count). The smallest absolute Gasteiger partial charge is 0.295 e. The topological polar surface area (TPSA) is 99.6 Å². The highest BCUT2D eigenvalue weighted by Crippen LogP contribution is 2.39. The van der Waals surface area contributed by atoms with E-state index >= 15 is 0 Å². The third-order valence-corrected chi connectivity index (χ3v) is 6.55. The normalized spacial score (nSPS) is 16.9. The first-order valence-electron chi connectivity index (χ1n) is 12.1. The third-order valence-electron chi connectivity index (χ3n) is 6.55. The summed E-state index contributed by atoms with van der Waals surface area (Å²) in [7, 11) is 0. The summed E-state index contributed by atoms with van der Waals surface area (Å²) in [6.07, 6.45) is 7.65. The third kappa shape index (κ3) is 5.04. The number of ether oxygens (including phenoxy) is 1. The van der Waals surface area contributed by atoms with Gasteiger partial charge in [-0.25, -0.2) is 4.57 Å². The van der Waals surface area contributed by atoms with Gasteiger partial charge in [-0.05, 0) is 54.4 Å². The van der Waals surface area contributed by atoms with Crippen LogP contribution in [0.15, 0.2) is 95.6 Å². The Morgan fingerprint density at radius 1 is 1.11 bits per heavy atom. The van der Waals surface area contributed by atoms with Crippen molar-refractivity contribution in [3.63, 3.8) is 0 Å². The van der Waals surface area contributed by atoms with Gasteiger partial charge in [0.1, 0.15) is 42.3 Å². The number of rotatable bonds is 9. The van der Waals surface area contributed by atoms with Gasteiger partial charge < -0.3 is 19.2 Å². The fourth-order valence-electron chi connectivity index (χ4n) is 4.53. The minimum Gasteiger partial charge on any atom is -0.507 e. The van der Waals surface area contributed by atoms with Crippen LogP contribution in [-0.4, -0.2) is 33.2 Å². The minimum atomic E-state index is -0.803. The van der Waals surface area contributed by atoms with E-state index in [1.165, 1.54) is 11.2 Å². The van der Waals surface area contributed by atoms with Crippen LogP contribution in [0, 0.1) is 6.92 Å². The summed E-state index contributed by atoms with van der Waals surface area (Å²) in [5, 5.41) is 11.2. The van der Waals surface area contributed by atoms with Crippen molar-refractivity contribution in [2.75, 3.05) is 6.54 Å². The van der Waals surface area contributed by atoms with Gasteiger partial charge in [0, 0.05) is 18.5 Å². The number of aromatic amines is 1. The average Bonchev–Trinajstić information content (AvgIpc) is 3.67. The van der Waals surface area contributed by atoms with Crippen LogP contribution in [0.2, 0.25) is 0 Å². The van der Waals surface area contributed by atoms with Crippen molar-refractivity contribution in [3.8, 4) is 5.75 Å². The maximum Gasteiger partial charge on any atom is 0.295 e. The van der Waals surface area contributed by atoms with Crippen LogP contribution >= 0.6 is 0 Å². The van der Waals surface area contributed by atoms with E-state index in [0.29, 0.717) is 43.2 Å². The zero-order valence-electron chi connectivity index (χ0n) is 20.5. The summed E-state index contributed by atoms with van der Waals surface area (Å²) in [6, 6.07) is 17.4. The molecule has 2 aromatic heterocycles. The van der Waals surface area contributed by atoms with Crippen molar-refractivity contribution in [3.05, 3.63) is 114 Å². The van der Waals surface area contributed by atoms with Crippen molar-refractivity contribution in [1.29, 1.82) is 0 Å². The van der Waals surface area contributed by atoms with Gasteiger partial charge in [-0.3, -0.25) is 14.6 Å². The summed E-state index contributed by atoms with van der Waals surface area (Å²) in [4.78, 5) is 30.6. The predicted molar refractivity (Wildman–Crippen MR) is 135 cm³/mol. The molecule has 3 heterocycles. The van der Waals surface area contributed by atoms with Crippen molar-refractivity contribution in [1.82, 2.24) is 9.88 Å². The molecular formula is C29H28N3O5+. The molecule has 1 atom stereocenters. The van der Waals surface area contributed by atoms with E-state index in [-0.39, 0.29) is 11.3 Å². The standard InChI is InChI=1S/C29H27N3O5/c1-20-6-2-3-7-22(20)18-37-23-11-9-21(10-12-23)27(33)25-26(24-8-4-17-36-24)32(29(35)28(25)34)15-5-14-31-16-13-30-19-31/h2-4,6-13,16-17,19,26H,5,14-15,18H2,1H3,(H,33,34)/p+1. The Bertz CT molecular complexity index is 1410. The number of nitrogens with zero attached hydrogens (tertiary/aromatic N) is 2. The number of amides is 1. The number of nitrogens with one attached hydrogen (secondary N) is 1. The van der Waals surface area contributed by atoms with Gasteiger partial charge >= 0.3 is 0 Å². The quantitative estimate of drug-likeness (QED) is 0.155. The molecule has 188 valence electrons. The number of aryl methyl sites for hydroxylation is 2. The Labute approximate surface area is 214 Å². The lowest BCUT2D eigenvalue weighted by Gasteiger charge is -2.23. The van der Waals surface area contributed by atoms with Crippen LogP contribution in [0.5, 0.6) is 5.75 Å². The van der Waals surface area contributed by atoms with Gasteiger partial charge in [-0.1, -0.05) is 24.3 Å². The second kappa shape index (κ2) is 10.6. The number of furan rings is 1. The minimum absolute atomic E-state index is 0.0165. The Kier molecular flexibility index (Phi) is 6.89. The van der Waals surface area contributed by atoms with Gasteiger partial charge in [0.15, 0.2) is 0 Å². The monoisotopic (exact) mass is 498 g/mol. The number of benzene rings is 2. The summed E-state index contributed by atoms with van der Waals surface area (Å²) >= 11 is 0. The molecule has 37 heavy (non-hydrogen) atoms. The lowest BCUT2D eigenvalue weighted by molar-refractivity contribution is -0.695. The number of aliphatic hydroxyl groups is 1. The molecule has 0 radical (unpaired) electrons. The maximum atomic E-state index is 13.1. The Morgan fingerprint density at radius 3 is 2.62 bits per heavy atom. The molecule has 0 spiro atoms. The van der Waals surface area contributed by atoms with Gasteiger partial charge in [0.05, 0.1) is 18.4 Å². The van der Waals surface area contributed by atoms with E-state index in [4.69, 9.17) is 9.15 Å². The van der Waals surface area contributed by atoms with E-state index < -0.39 is 17.7 Å². The number of hydrogen-bond acceptors (Lipinski definition) is 5. The fourth-order valence-corrected chi connectivity index (χ4v) is 4.53. The molecule has 1 saturated heterocycles. The molecule has 0 bridgehead atoms. The second-order valence-electron chi connectivity index (χ2n) is 8.95. The highest BCUT2D eigenvalue weighted by Gasteiger charge is 2.47. The second-order valence-corrected chi connectivity index (χ2v) is 8.95. The molecule has 4 aromatic rings. The zero-order valence-corrected chi connectivity index (χ0v) is 20.5. The fraction of sp³-hybridized carbons (Fsp3) is 0.207. The van der Waals surface area contributed by atoms with Crippen molar-refractivity contribution >= 4 is 17.4 Å². The van der Waals surface area contributed by atoms with Crippen LogP contribution in [0.25, 0.3) is 5.76 Å².